The Morgan fingerprint density at radius 3 is 2.40 bits per heavy atom. The van der Waals surface area contributed by atoms with Crippen LogP contribution in [0.5, 0.6) is 0 Å². The van der Waals surface area contributed by atoms with E-state index in [0.717, 1.165) is 0 Å². The van der Waals surface area contributed by atoms with Crippen molar-refractivity contribution in [2.45, 2.75) is 19.0 Å². The third-order valence-corrected chi connectivity index (χ3v) is 2.27. The predicted molar refractivity (Wildman–Crippen MR) is 54.5 cm³/mol. The van der Waals surface area contributed by atoms with Gasteiger partial charge in [-0.25, -0.2) is 0 Å². The summed E-state index contributed by atoms with van der Waals surface area (Å²) in [6, 6.07) is 4.49. The zero-order chi connectivity index (χ0) is 11.6. The van der Waals surface area contributed by atoms with Crippen LogP contribution < -0.4 is 0 Å². The fourth-order valence-electron chi connectivity index (χ4n) is 1.51. The van der Waals surface area contributed by atoms with Crippen LogP contribution in [0.4, 0.5) is 13.2 Å². The van der Waals surface area contributed by atoms with Crippen LogP contribution in [-0.4, -0.2) is 0 Å². The molecule has 1 aromatic carbocycles. The van der Waals surface area contributed by atoms with Gasteiger partial charge in [-0.1, -0.05) is 24.3 Å². The molecule has 0 amide bonds. The maximum Gasteiger partial charge on any atom is 0.416 e. The van der Waals surface area contributed by atoms with Gasteiger partial charge in [0.05, 0.1) is 5.56 Å². The highest BCUT2D eigenvalue weighted by molar-refractivity contribution is 5.41. The smallest absolute Gasteiger partial charge is 0.166 e. The number of halogens is 3. The maximum absolute atomic E-state index is 12.7. The monoisotopic (exact) mass is 213 g/mol. The largest absolute Gasteiger partial charge is 0.416 e. The summed E-state index contributed by atoms with van der Waals surface area (Å²) in [5.74, 6) is -0.540. The van der Waals surface area contributed by atoms with Crippen molar-refractivity contribution in [1.29, 1.82) is 0 Å². The Morgan fingerprint density at radius 2 is 1.93 bits per heavy atom. The highest BCUT2D eigenvalue weighted by atomic mass is 19.4. The standard InChI is InChI=1S/C12H12F3/c1-4-8(2)10-7-5-6-9(3)11(10)12(13,14)15/h4-8H,1-2H2,3H3. The SMILES string of the molecule is [CH2]C(C=C)c1cccc(C)c1C(F)(F)F. The van der Waals surface area contributed by atoms with E-state index >= 15 is 0 Å². The average molecular weight is 213 g/mol. The van der Waals surface area contributed by atoms with Gasteiger partial charge in [0.15, 0.2) is 0 Å². The molecular weight excluding hydrogens is 201 g/mol. The molecule has 15 heavy (non-hydrogen) atoms. The molecule has 1 radical (unpaired) electrons. The lowest BCUT2D eigenvalue weighted by Gasteiger charge is -2.17. The van der Waals surface area contributed by atoms with Crippen LogP contribution in [0.3, 0.4) is 0 Å². The molecule has 0 aliphatic carbocycles. The molecule has 0 N–H and O–H groups in total. The van der Waals surface area contributed by atoms with E-state index in [4.69, 9.17) is 0 Å². The van der Waals surface area contributed by atoms with Crippen molar-refractivity contribution >= 4 is 0 Å². The molecule has 1 atom stereocenters. The van der Waals surface area contributed by atoms with Crippen LogP contribution in [0.15, 0.2) is 30.9 Å². The minimum atomic E-state index is -4.33. The van der Waals surface area contributed by atoms with Crippen molar-refractivity contribution in [1.82, 2.24) is 0 Å². The quantitative estimate of drug-likeness (QED) is 0.648. The topological polar surface area (TPSA) is 0 Å². The van der Waals surface area contributed by atoms with Crippen LogP contribution in [0.25, 0.3) is 0 Å². The van der Waals surface area contributed by atoms with Crippen molar-refractivity contribution in [2.75, 3.05) is 0 Å². The van der Waals surface area contributed by atoms with Crippen molar-refractivity contribution in [3.63, 3.8) is 0 Å². The summed E-state index contributed by atoms with van der Waals surface area (Å²) in [6.45, 7) is 8.53. The number of allylic oxidation sites excluding steroid dienone is 1. The van der Waals surface area contributed by atoms with Gasteiger partial charge in [0, 0.05) is 5.92 Å². The second kappa shape index (κ2) is 4.09. The Bertz CT molecular complexity index is 364. The van der Waals surface area contributed by atoms with Crippen LogP contribution in [0.2, 0.25) is 0 Å². The van der Waals surface area contributed by atoms with Crippen LogP contribution in [-0.2, 0) is 6.18 Å². The minimum absolute atomic E-state index is 0.178. The van der Waals surface area contributed by atoms with E-state index in [1.807, 2.05) is 0 Å². The first kappa shape index (κ1) is 11.8. The van der Waals surface area contributed by atoms with Crippen LogP contribution in [0, 0.1) is 13.8 Å². The third kappa shape index (κ3) is 2.41. The van der Waals surface area contributed by atoms with Gasteiger partial charge in [0.2, 0.25) is 0 Å². The third-order valence-electron chi connectivity index (χ3n) is 2.27. The van der Waals surface area contributed by atoms with Gasteiger partial charge in [-0.3, -0.25) is 0 Å². The first-order valence-corrected chi connectivity index (χ1v) is 4.50. The highest BCUT2D eigenvalue weighted by Crippen LogP contribution is 2.37. The molecule has 1 aromatic rings. The van der Waals surface area contributed by atoms with E-state index in [-0.39, 0.29) is 11.1 Å². The molecule has 0 spiro atoms. The summed E-state index contributed by atoms with van der Waals surface area (Å²) >= 11 is 0. The summed E-state index contributed by atoms with van der Waals surface area (Å²) in [6.07, 6.45) is -2.93. The second-order valence-corrected chi connectivity index (χ2v) is 3.38. The number of rotatable bonds is 2. The van der Waals surface area contributed by atoms with E-state index in [9.17, 15) is 13.2 Å². The molecule has 0 aliphatic heterocycles. The lowest BCUT2D eigenvalue weighted by Crippen LogP contribution is -2.12. The number of benzene rings is 1. The molecule has 1 unspecified atom stereocenters. The van der Waals surface area contributed by atoms with Crippen molar-refractivity contribution in [3.8, 4) is 0 Å². The first-order valence-electron chi connectivity index (χ1n) is 4.50. The maximum atomic E-state index is 12.7. The lowest BCUT2D eigenvalue weighted by atomic mass is 9.92. The van der Waals surface area contributed by atoms with E-state index in [1.54, 1.807) is 6.07 Å². The molecule has 1 rings (SSSR count). The van der Waals surface area contributed by atoms with Gasteiger partial charge in [0.1, 0.15) is 0 Å². The Morgan fingerprint density at radius 1 is 1.33 bits per heavy atom. The molecule has 0 saturated carbocycles. The summed E-state index contributed by atoms with van der Waals surface area (Å²) in [4.78, 5) is 0. The van der Waals surface area contributed by atoms with Gasteiger partial charge < -0.3 is 0 Å². The van der Waals surface area contributed by atoms with E-state index in [2.05, 4.69) is 13.5 Å². The normalized spacial score (nSPS) is 13.7. The Kier molecular flexibility index (Phi) is 3.22. The van der Waals surface area contributed by atoms with Crippen molar-refractivity contribution in [2.24, 2.45) is 0 Å². The van der Waals surface area contributed by atoms with Crippen molar-refractivity contribution in [3.05, 3.63) is 54.5 Å². The molecule has 0 fully saturated rings. The van der Waals surface area contributed by atoms with E-state index < -0.39 is 17.7 Å². The fourth-order valence-corrected chi connectivity index (χ4v) is 1.51. The van der Waals surface area contributed by atoms with Crippen LogP contribution >= 0.6 is 0 Å². The van der Waals surface area contributed by atoms with Gasteiger partial charge in [0.25, 0.3) is 0 Å². The van der Waals surface area contributed by atoms with Gasteiger partial charge in [-0.15, -0.1) is 6.58 Å². The summed E-state index contributed by atoms with van der Waals surface area (Å²) in [7, 11) is 0. The Balaban J connectivity index is 3.39. The fraction of sp³-hybridized carbons (Fsp3) is 0.250. The minimum Gasteiger partial charge on any atom is -0.166 e. The Labute approximate surface area is 87.4 Å². The highest BCUT2D eigenvalue weighted by Gasteiger charge is 2.35. The number of hydrogen-bond acceptors (Lipinski definition) is 0. The van der Waals surface area contributed by atoms with Crippen LogP contribution in [0.1, 0.15) is 22.6 Å². The molecule has 3 heteroatoms. The van der Waals surface area contributed by atoms with E-state index in [1.165, 1.54) is 25.1 Å². The molecule has 0 bridgehead atoms. The predicted octanol–water partition coefficient (Wildman–Crippen LogP) is 4.12. The zero-order valence-corrected chi connectivity index (χ0v) is 8.43. The molecule has 0 aromatic heterocycles. The number of alkyl halides is 3. The van der Waals surface area contributed by atoms with Gasteiger partial charge in [-0.2, -0.15) is 13.2 Å². The summed E-state index contributed by atoms with van der Waals surface area (Å²) in [5.41, 5.74) is -0.196. The average Bonchev–Trinajstić information content (AvgIpc) is 2.14. The summed E-state index contributed by atoms with van der Waals surface area (Å²) < 4.78 is 38.2. The van der Waals surface area contributed by atoms with Gasteiger partial charge >= 0.3 is 6.18 Å². The number of aryl methyl sites for hydroxylation is 1. The lowest BCUT2D eigenvalue weighted by molar-refractivity contribution is -0.138. The molecule has 0 heterocycles. The second-order valence-electron chi connectivity index (χ2n) is 3.38. The van der Waals surface area contributed by atoms with Crippen molar-refractivity contribution < 1.29 is 13.2 Å². The number of hydrogen-bond donors (Lipinski definition) is 0. The molecule has 81 valence electrons. The zero-order valence-electron chi connectivity index (χ0n) is 8.43. The first-order chi connectivity index (χ1) is 6.88. The van der Waals surface area contributed by atoms with Gasteiger partial charge in [-0.05, 0) is 25.0 Å². The molecule has 0 nitrogen and oxygen atoms in total. The Hall–Kier alpha value is -1.25. The molecule has 0 aliphatic rings. The molecular formula is C12H12F3. The van der Waals surface area contributed by atoms with E-state index in [0.29, 0.717) is 0 Å². The summed E-state index contributed by atoms with van der Waals surface area (Å²) in [5, 5.41) is 0. The molecule has 0 saturated heterocycles.